The lowest BCUT2D eigenvalue weighted by atomic mass is 9.99. The molecular formula is C15H14Cl2FN. The number of benzene rings is 2. The average Bonchev–Trinajstić information content (AvgIpc) is 2.41. The molecule has 2 aromatic carbocycles. The van der Waals surface area contributed by atoms with Gasteiger partial charge in [-0.15, -0.1) is 0 Å². The summed E-state index contributed by atoms with van der Waals surface area (Å²) in [5, 5.41) is 4.44. The fraction of sp³-hybridized carbons (Fsp3) is 0.200. The first-order valence-corrected chi connectivity index (χ1v) is 6.73. The van der Waals surface area contributed by atoms with Gasteiger partial charge in [-0.3, -0.25) is 0 Å². The Kier molecular flexibility index (Phi) is 4.81. The normalized spacial score (nSPS) is 12.4. The van der Waals surface area contributed by atoms with E-state index in [-0.39, 0.29) is 11.9 Å². The van der Waals surface area contributed by atoms with E-state index >= 15 is 0 Å². The predicted octanol–water partition coefficient (Wildman–Crippen LogP) is 4.64. The summed E-state index contributed by atoms with van der Waals surface area (Å²) >= 11 is 12.3. The van der Waals surface area contributed by atoms with Crippen molar-refractivity contribution in [2.24, 2.45) is 0 Å². The molecule has 0 aliphatic heterocycles. The molecule has 19 heavy (non-hydrogen) atoms. The Morgan fingerprint density at radius 3 is 2.53 bits per heavy atom. The van der Waals surface area contributed by atoms with Crippen molar-refractivity contribution in [1.29, 1.82) is 0 Å². The van der Waals surface area contributed by atoms with E-state index in [2.05, 4.69) is 5.32 Å². The molecule has 0 aliphatic rings. The predicted molar refractivity (Wildman–Crippen MR) is 78.4 cm³/mol. The molecule has 0 aromatic heterocycles. The molecule has 0 saturated carbocycles. The summed E-state index contributed by atoms with van der Waals surface area (Å²) < 4.78 is 13.3. The highest BCUT2D eigenvalue weighted by Gasteiger charge is 2.15. The molecule has 1 unspecified atom stereocenters. The van der Waals surface area contributed by atoms with Gasteiger partial charge in [0, 0.05) is 16.1 Å². The summed E-state index contributed by atoms with van der Waals surface area (Å²) in [7, 11) is 1.85. The largest absolute Gasteiger partial charge is 0.313 e. The van der Waals surface area contributed by atoms with Crippen LogP contribution in [0.5, 0.6) is 0 Å². The van der Waals surface area contributed by atoms with Gasteiger partial charge in [0.15, 0.2) is 0 Å². The number of rotatable bonds is 4. The van der Waals surface area contributed by atoms with Crippen LogP contribution in [0.1, 0.15) is 17.2 Å². The van der Waals surface area contributed by atoms with Crippen LogP contribution in [0.2, 0.25) is 10.0 Å². The topological polar surface area (TPSA) is 12.0 Å². The van der Waals surface area contributed by atoms with E-state index in [0.29, 0.717) is 16.5 Å². The third-order valence-electron chi connectivity index (χ3n) is 3.06. The van der Waals surface area contributed by atoms with Crippen LogP contribution in [-0.2, 0) is 6.42 Å². The van der Waals surface area contributed by atoms with Gasteiger partial charge in [0.2, 0.25) is 0 Å². The third kappa shape index (κ3) is 3.47. The van der Waals surface area contributed by atoms with Crippen molar-refractivity contribution in [1.82, 2.24) is 5.32 Å². The number of hydrogen-bond donors (Lipinski definition) is 1. The summed E-state index contributed by atoms with van der Waals surface area (Å²) in [5.41, 5.74) is 1.74. The molecular weight excluding hydrogens is 284 g/mol. The van der Waals surface area contributed by atoms with Gasteiger partial charge in [0.05, 0.1) is 0 Å². The van der Waals surface area contributed by atoms with Gasteiger partial charge in [0.25, 0.3) is 0 Å². The minimum atomic E-state index is -0.284. The first-order valence-electron chi connectivity index (χ1n) is 5.97. The molecule has 0 heterocycles. The molecule has 2 aromatic rings. The Morgan fingerprint density at radius 2 is 1.84 bits per heavy atom. The first-order chi connectivity index (χ1) is 9.11. The molecule has 0 amide bonds. The zero-order chi connectivity index (χ0) is 13.8. The van der Waals surface area contributed by atoms with Crippen LogP contribution in [0, 0.1) is 5.82 Å². The molecule has 1 atom stereocenters. The van der Waals surface area contributed by atoms with Gasteiger partial charge in [-0.1, -0.05) is 41.4 Å². The van der Waals surface area contributed by atoms with Crippen LogP contribution < -0.4 is 5.32 Å². The number of halogens is 3. The van der Waals surface area contributed by atoms with Gasteiger partial charge in [-0.25, -0.2) is 4.39 Å². The summed E-state index contributed by atoms with van der Waals surface area (Å²) in [5.74, 6) is -0.284. The van der Waals surface area contributed by atoms with Gasteiger partial charge in [-0.2, -0.15) is 0 Å². The van der Waals surface area contributed by atoms with Crippen molar-refractivity contribution in [2.45, 2.75) is 12.5 Å². The highest BCUT2D eigenvalue weighted by atomic mass is 35.5. The Morgan fingerprint density at radius 1 is 1.11 bits per heavy atom. The Balaban J connectivity index is 2.29. The molecule has 0 spiro atoms. The summed E-state index contributed by atoms with van der Waals surface area (Å²) in [4.78, 5) is 0. The first kappa shape index (κ1) is 14.3. The number of likely N-dealkylation sites (N-methyl/N-ethyl adjacent to an activating group) is 1. The minimum absolute atomic E-state index is 0.00648. The molecule has 0 bridgehead atoms. The van der Waals surface area contributed by atoms with Crippen molar-refractivity contribution in [3.63, 3.8) is 0 Å². The second kappa shape index (κ2) is 6.38. The van der Waals surface area contributed by atoms with Crippen molar-refractivity contribution in [2.75, 3.05) is 7.05 Å². The van der Waals surface area contributed by atoms with Crippen LogP contribution in [0.15, 0.2) is 42.5 Å². The lowest BCUT2D eigenvalue weighted by Crippen LogP contribution is -2.19. The maximum absolute atomic E-state index is 13.3. The van der Waals surface area contributed by atoms with Crippen LogP contribution in [0.3, 0.4) is 0 Å². The number of hydrogen-bond acceptors (Lipinski definition) is 1. The molecule has 0 saturated heterocycles. The van der Waals surface area contributed by atoms with Crippen molar-refractivity contribution in [3.05, 3.63) is 69.5 Å². The van der Waals surface area contributed by atoms with E-state index in [0.717, 1.165) is 11.1 Å². The van der Waals surface area contributed by atoms with E-state index < -0.39 is 0 Å². The SMILES string of the molecule is CNC(Cc1cc(F)ccc1Cl)c1ccccc1Cl. The quantitative estimate of drug-likeness (QED) is 0.867. The maximum atomic E-state index is 13.3. The Bertz CT molecular complexity index is 572. The van der Waals surface area contributed by atoms with E-state index in [9.17, 15) is 4.39 Å². The minimum Gasteiger partial charge on any atom is -0.313 e. The van der Waals surface area contributed by atoms with Gasteiger partial charge in [0.1, 0.15) is 5.82 Å². The zero-order valence-electron chi connectivity index (χ0n) is 10.5. The second-order valence-electron chi connectivity index (χ2n) is 4.30. The Hall–Kier alpha value is -1.09. The fourth-order valence-electron chi connectivity index (χ4n) is 2.04. The smallest absolute Gasteiger partial charge is 0.123 e. The molecule has 4 heteroatoms. The molecule has 1 N–H and O–H groups in total. The van der Waals surface area contributed by atoms with Crippen molar-refractivity contribution < 1.29 is 4.39 Å². The highest BCUT2D eigenvalue weighted by Crippen LogP contribution is 2.28. The zero-order valence-corrected chi connectivity index (χ0v) is 12.0. The monoisotopic (exact) mass is 297 g/mol. The van der Waals surface area contributed by atoms with E-state index in [1.807, 2.05) is 31.3 Å². The molecule has 0 fully saturated rings. The molecule has 0 radical (unpaired) electrons. The summed E-state index contributed by atoms with van der Waals surface area (Å²) in [6.07, 6.45) is 0.580. The van der Waals surface area contributed by atoms with Gasteiger partial charge < -0.3 is 5.32 Å². The van der Waals surface area contributed by atoms with Crippen molar-refractivity contribution >= 4 is 23.2 Å². The summed E-state index contributed by atoms with van der Waals surface area (Å²) in [6.45, 7) is 0. The van der Waals surface area contributed by atoms with Crippen LogP contribution >= 0.6 is 23.2 Å². The van der Waals surface area contributed by atoms with Gasteiger partial charge in [-0.05, 0) is 48.9 Å². The molecule has 1 nitrogen and oxygen atoms in total. The van der Waals surface area contributed by atoms with Crippen molar-refractivity contribution in [3.8, 4) is 0 Å². The van der Waals surface area contributed by atoms with Crippen LogP contribution in [0.4, 0.5) is 4.39 Å². The third-order valence-corrected chi connectivity index (χ3v) is 3.77. The van der Waals surface area contributed by atoms with Crippen LogP contribution in [-0.4, -0.2) is 7.05 Å². The lowest BCUT2D eigenvalue weighted by Gasteiger charge is -2.18. The number of nitrogens with one attached hydrogen (secondary N) is 1. The molecule has 2 rings (SSSR count). The fourth-order valence-corrected chi connectivity index (χ4v) is 2.51. The lowest BCUT2D eigenvalue weighted by molar-refractivity contribution is 0.584. The highest BCUT2D eigenvalue weighted by molar-refractivity contribution is 6.31. The average molecular weight is 298 g/mol. The maximum Gasteiger partial charge on any atom is 0.123 e. The van der Waals surface area contributed by atoms with Gasteiger partial charge >= 0.3 is 0 Å². The van der Waals surface area contributed by atoms with E-state index in [4.69, 9.17) is 23.2 Å². The van der Waals surface area contributed by atoms with Crippen LogP contribution in [0.25, 0.3) is 0 Å². The molecule has 100 valence electrons. The van der Waals surface area contributed by atoms with E-state index in [1.165, 1.54) is 12.1 Å². The molecule has 0 aliphatic carbocycles. The second-order valence-corrected chi connectivity index (χ2v) is 5.12. The summed E-state index contributed by atoms with van der Waals surface area (Å²) in [6, 6.07) is 12.0. The standard InChI is InChI=1S/C15H14Cl2FN/c1-19-15(12-4-2-3-5-14(12)17)9-10-8-11(18)6-7-13(10)16/h2-8,15,19H,9H2,1H3. The van der Waals surface area contributed by atoms with E-state index in [1.54, 1.807) is 6.07 Å². The Labute approximate surface area is 122 Å².